The zero-order chi connectivity index (χ0) is 13.2. The molecule has 18 heavy (non-hydrogen) atoms. The van der Waals surface area contributed by atoms with Crippen molar-refractivity contribution < 1.29 is 9.47 Å². The summed E-state index contributed by atoms with van der Waals surface area (Å²) in [5.41, 5.74) is 0. The molecule has 4 heteroatoms. The van der Waals surface area contributed by atoms with E-state index in [4.69, 9.17) is 9.47 Å². The third kappa shape index (κ3) is 6.45. The number of pyridine rings is 1. The Morgan fingerprint density at radius 3 is 2.83 bits per heavy atom. The highest BCUT2D eigenvalue weighted by Crippen LogP contribution is 2.10. The molecule has 0 amide bonds. The van der Waals surface area contributed by atoms with Crippen LogP contribution in [0, 0.1) is 5.92 Å². The molecule has 0 aliphatic carbocycles. The maximum Gasteiger partial charge on any atom is 0.215 e. The second-order valence-electron chi connectivity index (χ2n) is 4.52. The molecule has 1 N–H and O–H groups in total. The van der Waals surface area contributed by atoms with E-state index in [9.17, 15) is 0 Å². The van der Waals surface area contributed by atoms with Crippen molar-refractivity contribution in [3.8, 4) is 5.88 Å². The highest BCUT2D eigenvalue weighted by atomic mass is 16.5. The third-order valence-electron chi connectivity index (χ3n) is 2.41. The van der Waals surface area contributed by atoms with Gasteiger partial charge >= 0.3 is 0 Å². The van der Waals surface area contributed by atoms with Crippen molar-refractivity contribution in [3.63, 3.8) is 0 Å². The van der Waals surface area contributed by atoms with Gasteiger partial charge < -0.3 is 14.8 Å². The molecule has 0 saturated heterocycles. The Morgan fingerprint density at radius 2 is 2.11 bits per heavy atom. The fourth-order valence-electron chi connectivity index (χ4n) is 1.41. The number of hydrogen-bond donors (Lipinski definition) is 1. The summed E-state index contributed by atoms with van der Waals surface area (Å²) >= 11 is 0. The van der Waals surface area contributed by atoms with Gasteiger partial charge in [0.25, 0.3) is 0 Å². The van der Waals surface area contributed by atoms with E-state index in [0.717, 1.165) is 25.4 Å². The maximum atomic E-state index is 5.52. The normalized spacial score (nSPS) is 10.7. The number of rotatable bonds is 9. The quantitative estimate of drug-likeness (QED) is 0.686. The average molecular weight is 252 g/mol. The van der Waals surface area contributed by atoms with Crippen LogP contribution in [0.2, 0.25) is 0 Å². The van der Waals surface area contributed by atoms with Gasteiger partial charge in [0.2, 0.25) is 5.88 Å². The monoisotopic (exact) mass is 252 g/mol. The minimum absolute atomic E-state index is 0.634. The summed E-state index contributed by atoms with van der Waals surface area (Å²) in [6.45, 7) is 9.27. The Hall–Kier alpha value is -1.29. The first-order valence-electron chi connectivity index (χ1n) is 6.63. The lowest BCUT2D eigenvalue weighted by atomic mass is 10.1. The molecule has 0 aromatic carbocycles. The van der Waals surface area contributed by atoms with Crippen molar-refractivity contribution in [2.24, 2.45) is 5.92 Å². The molecular formula is C14H24N2O2. The summed E-state index contributed by atoms with van der Waals surface area (Å²) in [6, 6.07) is 5.71. The summed E-state index contributed by atoms with van der Waals surface area (Å²) in [6.07, 6.45) is 1.11. The van der Waals surface area contributed by atoms with Crippen LogP contribution in [-0.2, 0) is 4.74 Å². The fraction of sp³-hybridized carbons (Fsp3) is 0.643. The van der Waals surface area contributed by atoms with Crippen molar-refractivity contribution in [2.75, 3.05) is 31.7 Å². The van der Waals surface area contributed by atoms with E-state index in [-0.39, 0.29) is 0 Å². The zero-order valence-corrected chi connectivity index (χ0v) is 11.6. The maximum absolute atomic E-state index is 5.52. The van der Waals surface area contributed by atoms with Crippen LogP contribution in [0.5, 0.6) is 5.88 Å². The standard InChI is InChI=1S/C14H24N2O2/c1-4-18-14-7-5-6-13(16-14)15-9-11-17-10-8-12(2)3/h5-7,12H,4,8-11H2,1-3H3,(H,15,16). The lowest BCUT2D eigenvalue weighted by molar-refractivity contribution is 0.132. The highest BCUT2D eigenvalue weighted by Gasteiger charge is 1.98. The number of aromatic nitrogens is 1. The Morgan fingerprint density at radius 1 is 1.28 bits per heavy atom. The van der Waals surface area contributed by atoms with Crippen molar-refractivity contribution >= 4 is 5.82 Å². The van der Waals surface area contributed by atoms with Gasteiger partial charge in [-0.25, -0.2) is 0 Å². The predicted molar refractivity (Wildman–Crippen MR) is 74.2 cm³/mol. The van der Waals surface area contributed by atoms with Gasteiger partial charge in [-0.15, -0.1) is 0 Å². The highest BCUT2D eigenvalue weighted by molar-refractivity contribution is 5.36. The molecule has 1 aromatic heterocycles. The van der Waals surface area contributed by atoms with Crippen molar-refractivity contribution in [1.82, 2.24) is 4.98 Å². The second-order valence-corrected chi connectivity index (χ2v) is 4.52. The van der Waals surface area contributed by atoms with E-state index >= 15 is 0 Å². The summed E-state index contributed by atoms with van der Waals surface area (Å²) < 4.78 is 10.9. The average Bonchev–Trinajstić information content (AvgIpc) is 2.34. The third-order valence-corrected chi connectivity index (χ3v) is 2.41. The van der Waals surface area contributed by atoms with Crippen LogP contribution < -0.4 is 10.1 Å². The molecule has 0 unspecified atom stereocenters. The Kier molecular flexibility index (Phi) is 7.18. The number of anilines is 1. The first kappa shape index (κ1) is 14.8. The molecule has 0 bridgehead atoms. The van der Waals surface area contributed by atoms with Crippen LogP contribution in [0.1, 0.15) is 27.2 Å². The van der Waals surface area contributed by atoms with Crippen LogP contribution in [0.25, 0.3) is 0 Å². The van der Waals surface area contributed by atoms with Gasteiger partial charge in [0.05, 0.1) is 13.2 Å². The predicted octanol–water partition coefficient (Wildman–Crippen LogP) is 2.95. The number of ether oxygens (including phenoxy) is 2. The molecule has 0 atom stereocenters. The first-order valence-corrected chi connectivity index (χ1v) is 6.63. The SMILES string of the molecule is CCOc1cccc(NCCOCCC(C)C)n1. The summed E-state index contributed by atoms with van der Waals surface area (Å²) in [7, 11) is 0. The van der Waals surface area contributed by atoms with E-state index < -0.39 is 0 Å². The minimum atomic E-state index is 0.634. The lowest BCUT2D eigenvalue weighted by Crippen LogP contribution is -2.11. The van der Waals surface area contributed by atoms with E-state index in [1.807, 2.05) is 25.1 Å². The molecule has 1 rings (SSSR count). The van der Waals surface area contributed by atoms with Crippen molar-refractivity contribution in [1.29, 1.82) is 0 Å². The second kappa shape index (κ2) is 8.75. The van der Waals surface area contributed by atoms with Crippen LogP contribution >= 0.6 is 0 Å². The van der Waals surface area contributed by atoms with Gasteiger partial charge in [0, 0.05) is 19.2 Å². The lowest BCUT2D eigenvalue weighted by Gasteiger charge is -2.09. The molecule has 1 heterocycles. The van der Waals surface area contributed by atoms with Gasteiger partial charge in [-0.1, -0.05) is 19.9 Å². The number of hydrogen-bond acceptors (Lipinski definition) is 4. The van der Waals surface area contributed by atoms with Crippen LogP contribution in [0.15, 0.2) is 18.2 Å². The van der Waals surface area contributed by atoms with Crippen LogP contribution in [-0.4, -0.2) is 31.3 Å². The number of nitrogens with zero attached hydrogens (tertiary/aromatic N) is 1. The van der Waals surface area contributed by atoms with Gasteiger partial charge in [-0.2, -0.15) is 4.98 Å². The first-order chi connectivity index (χ1) is 8.72. The minimum Gasteiger partial charge on any atom is -0.478 e. The smallest absolute Gasteiger partial charge is 0.215 e. The summed E-state index contributed by atoms with van der Waals surface area (Å²) in [4.78, 5) is 4.32. The van der Waals surface area contributed by atoms with E-state index in [0.29, 0.717) is 25.0 Å². The van der Waals surface area contributed by atoms with Gasteiger partial charge in [0.1, 0.15) is 5.82 Å². The van der Waals surface area contributed by atoms with Gasteiger partial charge in [-0.05, 0) is 25.3 Å². The van der Waals surface area contributed by atoms with Crippen LogP contribution in [0.3, 0.4) is 0 Å². The summed E-state index contributed by atoms with van der Waals surface area (Å²) in [5, 5.41) is 3.22. The molecule has 0 saturated carbocycles. The topological polar surface area (TPSA) is 43.4 Å². The largest absolute Gasteiger partial charge is 0.478 e. The van der Waals surface area contributed by atoms with E-state index in [1.165, 1.54) is 0 Å². The van der Waals surface area contributed by atoms with Gasteiger partial charge in [0.15, 0.2) is 0 Å². The van der Waals surface area contributed by atoms with Crippen LogP contribution in [0.4, 0.5) is 5.82 Å². The zero-order valence-electron chi connectivity index (χ0n) is 11.6. The molecule has 0 aliphatic heterocycles. The molecule has 1 aromatic rings. The molecule has 102 valence electrons. The Bertz CT molecular complexity index is 329. The fourth-order valence-corrected chi connectivity index (χ4v) is 1.41. The Labute approximate surface area is 110 Å². The molecular weight excluding hydrogens is 228 g/mol. The van der Waals surface area contributed by atoms with Crippen molar-refractivity contribution in [2.45, 2.75) is 27.2 Å². The molecule has 0 fully saturated rings. The van der Waals surface area contributed by atoms with Crippen molar-refractivity contribution in [3.05, 3.63) is 18.2 Å². The Balaban J connectivity index is 2.16. The molecule has 0 radical (unpaired) electrons. The molecule has 0 aliphatic rings. The number of nitrogens with one attached hydrogen (secondary N) is 1. The van der Waals surface area contributed by atoms with E-state index in [2.05, 4.69) is 24.1 Å². The molecule has 0 spiro atoms. The molecule has 4 nitrogen and oxygen atoms in total. The van der Waals surface area contributed by atoms with Gasteiger partial charge in [-0.3, -0.25) is 0 Å². The van der Waals surface area contributed by atoms with E-state index in [1.54, 1.807) is 0 Å². The summed E-state index contributed by atoms with van der Waals surface area (Å²) in [5.74, 6) is 2.18.